The van der Waals surface area contributed by atoms with Crippen molar-refractivity contribution in [2.45, 2.75) is 59.5 Å². The molecule has 35 heavy (non-hydrogen) atoms. The molecule has 2 amide bonds. The molecule has 2 rings (SSSR count). The molecule has 0 radical (unpaired) electrons. The van der Waals surface area contributed by atoms with Crippen LogP contribution in [0.4, 0.5) is 5.69 Å². The van der Waals surface area contributed by atoms with Crippen molar-refractivity contribution in [3.63, 3.8) is 0 Å². The number of anilines is 1. The maximum atomic E-state index is 13.4. The van der Waals surface area contributed by atoms with Crippen LogP contribution >= 0.6 is 11.6 Å². The molecule has 0 aromatic heterocycles. The molecule has 0 unspecified atom stereocenters. The molecular formula is C26H36ClN3O4S. The number of carbonyl (C=O) groups is 2. The lowest BCUT2D eigenvalue weighted by molar-refractivity contribution is -0.141. The molecule has 2 aromatic rings. The number of rotatable bonds is 12. The van der Waals surface area contributed by atoms with Gasteiger partial charge in [-0.3, -0.25) is 13.9 Å². The summed E-state index contributed by atoms with van der Waals surface area (Å²) in [6, 6.07) is 12.3. The highest BCUT2D eigenvalue weighted by molar-refractivity contribution is 7.92. The number of hydrogen-bond donors (Lipinski definition) is 1. The number of sulfonamides is 1. The van der Waals surface area contributed by atoms with E-state index < -0.39 is 16.1 Å². The lowest BCUT2D eigenvalue weighted by Gasteiger charge is -2.31. The summed E-state index contributed by atoms with van der Waals surface area (Å²) in [4.78, 5) is 27.7. The fourth-order valence-electron chi connectivity index (χ4n) is 4.05. The van der Waals surface area contributed by atoms with Gasteiger partial charge < -0.3 is 10.2 Å². The van der Waals surface area contributed by atoms with Gasteiger partial charge in [-0.2, -0.15) is 0 Å². The van der Waals surface area contributed by atoms with E-state index in [1.165, 1.54) is 4.31 Å². The number of nitrogens with zero attached hydrogens (tertiary/aromatic N) is 2. The molecule has 1 atom stereocenters. The van der Waals surface area contributed by atoms with Crippen molar-refractivity contribution in [1.82, 2.24) is 10.2 Å². The quantitative estimate of drug-likeness (QED) is 0.447. The Kier molecular flexibility index (Phi) is 10.6. The predicted octanol–water partition coefficient (Wildman–Crippen LogP) is 4.45. The first-order chi connectivity index (χ1) is 16.5. The molecule has 1 N–H and O–H groups in total. The average molecular weight is 522 g/mol. The number of aryl methyl sites for hydroxylation is 2. The molecule has 0 aliphatic heterocycles. The van der Waals surface area contributed by atoms with E-state index >= 15 is 0 Å². The van der Waals surface area contributed by atoms with E-state index in [4.69, 9.17) is 11.6 Å². The maximum Gasteiger partial charge on any atom is 0.242 e. The highest BCUT2D eigenvalue weighted by Gasteiger charge is 2.28. The Hall–Kier alpha value is -2.58. The number of nitrogens with one attached hydrogen (secondary N) is 1. The van der Waals surface area contributed by atoms with Gasteiger partial charge in [0, 0.05) is 31.1 Å². The Labute approximate surface area is 214 Å². The predicted molar refractivity (Wildman–Crippen MR) is 142 cm³/mol. The Bertz CT molecular complexity index is 1140. The van der Waals surface area contributed by atoms with Gasteiger partial charge in [0.05, 0.1) is 11.9 Å². The van der Waals surface area contributed by atoms with Crippen LogP contribution in [0.25, 0.3) is 0 Å². The average Bonchev–Trinajstić information content (AvgIpc) is 2.77. The van der Waals surface area contributed by atoms with E-state index in [0.29, 0.717) is 36.6 Å². The first-order valence-electron chi connectivity index (χ1n) is 11.8. The molecular weight excluding hydrogens is 486 g/mol. The summed E-state index contributed by atoms with van der Waals surface area (Å²) in [6.45, 7) is 8.43. The standard InChI is InChI=1S/C26H36ClN3O4S/c1-6-23(26(32)28-7-2)29(18-21-11-8-10-19(3)16-21)25(31)12-9-15-30(35(5,33)34)24-17-22(27)14-13-20(24)4/h8,10-11,13-14,16-17,23H,6-7,9,12,15,18H2,1-5H3,(H,28,32)/t23-/m1/s1. The highest BCUT2D eigenvalue weighted by Crippen LogP contribution is 2.27. The number of likely N-dealkylation sites (N-methyl/N-ethyl adjacent to an activating group) is 1. The topological polar surface area (TPSA) is 86.8 Å². The van der Waals surface area contributed by atoms with Crippen molar-refractivity contribution in [3.8, 4) is 0 Å². The van der Waals surface area contributed by atoms with Crippen LogP contribution in [0, 0.1) is 13.8 Å². The van der Waals surface area contributed by atoms with Gasteiger partial charge in [0.2, 0.25) is 21.8 Å². The minimum atomic E-state index is -3.58. The zero-order chi connectivity index (χ0) is 26.2. The fourth-order valence-corrected chi connectivity index (χ4v) is 5.23. The maximum absolute atomic E-state index is 13.4. The van der Waals surface area contributed by atoms with Crippen molar-refractivity contribution in [2.24, 2.45) is 0 Å². The van der Waals surface area contributed by atoms with E-state index in [9.17, 15) is 18.0 Å². The second kappa shape index (κ2) is 12.9. The molecule has 0 aliphatic carbocycles. The largest absolute Gasteiger partial charge is 0.355 e. The van der Waals surface area contributed by atoms with E-state index in [1.54, 1.807) is 23.1 Å². The zero-order valence-electron chi connectivity index (χ0n) is 21.2. The second-order valence-electron chi connectivity index (χ2n) is 8.70. The van der Waals surface area contributed by atoms with Crippen LogP contribution < -0.4 is 9.62 Å². The van der Waals surface area contributed by atoms with Crippen LogP contribution in [0.5, 0.6) is 0 Å². The third-order valence-electron chi connectivity index (χ3n) is 5.76. The number of benzene rings is 2. The van der Waals surface area contributed by atoms with Gasteiger partial charge in [-0.25, -0.2) is 8.42 Å². The van der Waals surface area contributed by atoms with Crippen LogP contribution in [-0.2, 0) is 26.2 Å². The molecule has 0 bridgehead atoms. The van der Waals surface area contributed by atoms with E-state index in [0.717, 1.165) is 22.9 Å². The monoisotopic (exact) mass is 521 g/mol. The van der Waals surface area contributed by atoms with Crippen molar-refractivity contribution >= 4 is 39.1 Å². The first kappa shape index (κ1) is 28.7. The summed E-state index contributed by atoms with van der Waals surface area (Å²) in [5, 5.41) is 3.26. The summed E-state index contributed by atoms with van der Waals surface area (Å²) in [6.07, 6.45) is 2.02. The third-order valence-corrected chi connectivity index (χ3v) is 7.18. The molecule has 0 aliphatic rings. The Morgan fingerprint density at radius 1 is 1.09 bits per heavy atom. The minimum absolute atomic E-state index is 0.105. The smallest absolute Gasteiger partial charge is 0.242 e. The van der Waals surface area contributed by atoms with Crippen LogP contribution in [-0.4, -0.2) is 50.5 Å². The van der Waals surface area contributed by atoms with E-state index in [2.05, 4.69) is 5.32 Å². The van der Waals surface area contributed by atoms with Gasteiger partial charge in [0.1, 0.15) is 6.04 Å². The van der Waals surface area contributed by atoms with Crippen molar-refractivity contribution in [3.05, 3.63) is 64.2 Å². The SMILES string of the molecule is CCNC(=O)[C@@H](CC)N(Cc1cccc(C)c1)C(=O)CCCN(c1cc(Cl)ccc1C)S(C)(=O)=O. The normalized spacial score (nSPS) is 12.2. The number of hydrogen-bond acceptors (Lipinski definition) is 4. The Balaban J connectivity index is 2.24. The van der Waals surface area contributed by atoms with E-state index in [-0.39, 0.29) is 24.8 Å². The molecule has 2 aromatic carbocycles. The van der Waals surface area contributed by atoms with Crippen molar-refractivity contribution in [1.29, 1.82) is 0 Å². The fraction of sp³-hybridized carbons (Fsp3) is 0.462. The third kappa shape index (κ3) is 8.25. The number of halogens is 1. The first-order valence-corrected chi connectivity index (χ1v) is 14.1. The summed E-state index contributed by atoms with van der Waals surface area (Å²) in [7, 11) is -3.58. The van der Waals surface area contributed by atoms with Gasteiger partial charge in [-0.1, -0.05) is 54.4 Å². The van der Waals surface area contributed by atoms with Gasteiger partial charge in [-0.05, 0) is 56.9 Å². The summed E-state index contributed by atoms with van der Waals surface area (Å²) < 4.78 is 26.3. The molecule has 0 saturated carbocycles. The summed E-state index contributed by atoms with van der Waals surface area (Å²) in [5.41, 5.74) is 3.28. The highest BCUT2D eigenvalue weighted by atomic mass is 35.5. The van der Waals surface area contributed by atoms with Crippen molar-refractivity contribution in [2.75, 3.05) is 23.7 Å². The van der Waals surface area contributed by atoms with E-state index in [1.807, 2.05) is 52.0 Å². The minimum Gasteiger partial charge on any atom is -0.355 e. The lowest BCUT2D eigenvalue weighted by Crippen LogP contribution is -2.49. The lowest BCUT2D eigenvalue weighted by atomic mass is 10.1. The van der Waals surface area contributed by atoms with Gasteiger partial charge in [0.25, 0.3) is 0 Å². The van der Waals surface area contributed by atoms with Gasteiger partial charge in [-0.15, -0.1) is 0 Å². The van der Waals surface area contributed by atoms with Gasteiger partial charge >= 0.3 is 0 Å². The Morgan fingerprint density at radius 2 is 1.80 bits per heavy atom. The van der Waals surface area contributed by atoms with Gasteiger partial charge in [0.15, 0.2) is 0 Å². The van der Waals surface area contributed by atoms with Crippen LogP contribution in [0.1, 0.15) is 49.8 Å². The summed E-state index contributed by atoms with van der Waals surface area (Å²) in [5.74, 6) is -0.385. The number of carbonyl (C=O) groups excluding carboxylic acids is 2. The zero-order valence-corrected chi connectivity index (χ0v) is 22.7. The molecule has 0 saturated heterocycles. The molecule has 0 fully saturated rings. The van der Waals surface area contributed by atoms with Crippen LogP contribution in [0.3, 0.4) is 0 Å². The second-order valence-corrected chi connectivity index (χ2v) is 11.0. The number of amides is 2. The summed E-state index contributed by atoms with van der Waals surface area (Å²) >= 11 is 6.11. The van der Waals surface area contributed by atoms with Crippen LogP contribution in [0.15, 0.2) is 42.5 Å². The molecule has 192 valence electrons. The Morgan fingerprint density at radius 3 is 2.40 bits per heavy atom. The molecule has 0 heterocycles. The van der Waals surface area contributed by atoms with Crippen LogP contribution in [0.2, 0.25) is 5.02 Å². The molecule has 0 spiro atoms. The molecule has 9 heteroatoms. The molecule has 7 nitrogen and oxygen atoms in total. The van der Waals surface area contributed by atoms with Crippen molar-refractivity contribution < 1.29 is 18.0 Å².